The Labute approximate surface area is 225 Å². The Morgan fingerprint density at radius 3 is 1.36 bits per heavy atom. The monoisotopic (exact) mass is 634 g/mol. The number of hydrogen-bond acceptors (Lipinski definition) is 1. The average molecular weight is 634 g/mol. The second-order valence-corrected chi connectivity index (χ2v) is 8.34. The Kier molecular flexibility index (Phi) is 9.36. The van der Waals surface area contributed by atoms with Gasteiger partial charge < -0.3 is 5.11 Å². The van der Waals surface area contributed by atoms with E-state index in [1.807, 2.05) is 0 Å². The predicted molar refractivity (Wildman–Crippen MR) is 115 cm³/mol. The summed E-state index contributed by atoms with van der Waals surface area (Å²) in [7, 11) is 0. The summed E-state index contributed by atoms with van der Waals surface area (Å²) in [5.74, 6) is -52.6. The van der Waals surface area contributed by atoms with Crippen LogP contribution in [0.4, 0.5) is 70.2 Å². The van der Waals surface area contributed by atoms with Crippen LogP contribution < -0.4 is 0 Å². The van der Waals surface area contributed by atoms with Crippen LogP contribution in [0.3, 0.4) is 0 Å². The van der Waals surface area contributed by atoms with Crippen LogP contribution in [0.15, 0.2) is 78.3 Å². The minimum absolute atomic E-state index is 0.0679. The highest BCUT2D eigenvalue weighted by Gasteiger charge is 2.93. The number of alkyl halides is 15. The molecule has 0 heterocycles. The molecule has 0 aromatic heterocycles. The van der Waals surface area contributed by atoms with Gasteiger partial charge in [-0.05, 0) is 17.2 Å². The lowest BCUT2D eigenvalue weighted by Crippen LogP contribution is -2.72. The molecule has 0 saturated heterocycles. The Balaban J connectivity index is 2.78. The molecule has 0 saturated carbocycles. The molecule has 0 amide bonds. The summed E-state index contributed by atoms with van der Waals surface area (Å²) in [6.07, 6.45) is -8.43. The number of hydrogen-bond donors (Lipinski definition) is 1. The van der Waals surface area contributed by atoms with E-state index in [4.69, 9.17) is 0 Å². The first kappa shape index (κ1) is 34.7. The SMILES string of the molecule is OCC(=C=C(/C=C(\F)C(F)(F)C(F)(F)C(F)(F)C(F)(F)C(F)(F)C(F)(F)C(F)(F)F)c1ccccc1)c1ccccc1. The fourth-order valence-corrected chi connectivity index (χ4v) is 3.15. The Hall–Kier alpha value is -3.46. The molecule has 0 aliphatic rings. The Morgan fingerprint density at radius 2 is 0.952 bits per heavy atom. The van der Waals surface area contributed by atoms with Gasteiger partial charge in [0.1, 0.15) is 0 Å². The molecule has 2 aromatic rings. The van der Waals surface area contributed by atoms with E-state index in [0.29, 0.717) is 0 Å². The summed E-state index contributed by atoms with van der Waals surface area (Å²) in [6.45, 7) is -0.991. The maximum absolute atomic E-state index is 14.6. The third-order valence-corrected chi connectivity index (χ3v) is 5.55. The van der Waals surface area contributed by atoms with Gasteiger partial charge in [0, 0.05) is 11.1 Å². The topological polar surface area (TPSA) is 20.2 Å². The largest absolute Gasteiger partial charge is 0.460 e. The van der Waals surface area contributed by atoms with E-state index in [9.17, 15) is 75.4 Å². The van der Waals surface area contributed by atoms with Crippen molar-refractivity contribution in [3.63, 3.8) is 0 Å². The van der Waals surface area contributed by atoms with Crippen molar-refractivity contribution < 1.29 is 75.4 Å². The Bertz CT molecular complexity index is 1340. The summed E-state index contributed by atoms with van der Waals surface area (Å²) in [4.78, 5) is 0. The van der Waals surface area contributed by atoms with Crippen LogP contribution in [-0.2, 0) is 0 Å². The second-order valence-electron chi connectivity index (χ2n) is 8.34. The first-order valence-electron chi connectivity index (χ1n) is 10.8. The zero-order chi connectivity index (χ0) is 32.6. The molecule has 42 heavy (non-hydrogen) atoms. The highest BCUT2D eigenvalue weighted by Crippen LogP contribution is 2.63. The van der Waals surface area contributed by atoms with Gasteiger partial charge in [0.2, 0.25) is 0 Å². The highest BCUT2D eigenvalue weighted by molar-refractivity contribution is 5.80. The van der Waals surface area contributed by atoms with Gasteiger partial charge in [-0.1, -0.05) is 60.7 Å². The fraction of sp³-hybridized carbons (Fsp3) is 0.320. The maximum atomic E-state index is 14.6. The van der Waals surface area contributed by atoms with Crippen LogP contribution >= 0.6 is 0 Å². The average Bonchev–Trinajstić information content (AvgIpc) is 2.90. The number of aliphatic hydroxyl groups is 1. The van der Waals surface area contributed by atoms with E-state index in [1.165, 1.54) is 36.4 Å². The van der Waals surface area contributed by atoms with Crippen molar-refractivity contribution in [1.82, 2.24) is 0 Å². The van der Waals surface area contributed by atoms with Crippen molar-refractivity contribution in [3.05, 3.63) is 89.4 Å². The first-order valence-corrected chi connectivity index (χ1v) is 10.8. The van der Waals surface area contributed by atoms with Crippen LogP contribution in [0.5, 0.6) is 0 Å². The van der Waals surface area contributed by atoms with E-state index in [-0.39, 0.29) is 11.1 Å². The lowest BCUT2D eigenvalue weighted by Gasteiger charge is -2.41. The lowest BCUT2D eigenvalue weighted by atomic mass is 9.90. The van der Waals surface area contributed by atoms with Gasteiger partial charge in [-0.2, -0.15) is 65.9 Å². The first-order chi connectivity index (χ1) is 18.9. The van der Waals surface area contributed by atoms with Gasteiger partial charge in [-0.25, -0.2) is 4.39 Å². The molecule has 0 spiro atoms. The van der Waals surface area contributed by atoms with Crippen LogP contribution in [0.2, 0.25) is 0 Å². The number of benzene rings is 2. The second kappa shape index (κ2) is 11.3. The van der Waals surface area contributed by atoms with E-state index >= 15 is 0 Å². The molecular formula is C25H14F16O. The molecule has 0 aliphatic heterocycles. The highest BCUT2D eigenvalue weighted by atomic mass is 19.4. The summed E-state index contributed by atoms with van der Waals surface area (Å²) >= 11 is 0. The molecule has 17 heteroatoms. The number of aliphatic hydroxyl groups excluding tert-OH is 1. The van der Waals surface area contributed by atoms with Crippen LogP contribution in [0.25, 0.3) is 11.1 Å². The van der Waals surface area contributed by atoms with Crippen LogP contribution in [0.1, 0.15) is 11.1 Å². The molecule has 2 rings (SSSR count). The van der Waals surface area contributed by atoms with Gasteiger partial charge in [-0.3, -0.25) is 0 Å². The normalized spacial score (nSPS) is 14.5. The third kappa shape index (κ3) is 5.63. The summed E-state index contributed by atoms with van der Waals surface area (Å²) < 4.78 is 217. The molecular weight excluding hydrogens is 620 g/mol. The van der Waals surface area contributed by atoms with Crippen molar-refractivity contribution in [2.75, 3.05) is 6.61 Å². The number of rotatable bonds is 10. The maximum Gasteiger partial charge on any atom is 0.460 e. The quantitative estimate of drug-likeness (QED) is 0.157. The van der Waals surface area contributed by atoms with Crippen LogP contribution in [0, 0.1) is 0 Å². The molecule has 0 aliphatic carbocycles. The van der Waals surface area contributed by atoms with Crippen molar-refractivity contribution in [2.45, 2.75) is 41.7 Å². The minimum Gasteiger partial charge on any atom is -0.391 e. The summed E-state index contributed by atoms with van der Waals surface area (Å²) in [6, 6.07) is 12.3. The van der Waals surface area contributed by atoms with Crippen LogP contribution in [-0.4, -0.2) is 53.4 Å². The minimum atomic E-state index is -8.54. The summed E-state index contributed by atoms with van der Waals surface area (Å²) in [5.41, 5.74) is 0.394. The summed E-state index contributed by atoms with van der Waals surface area (Å²) in [5, 5.41) is 9.60. The molecule has 232 valence electrons. The van der Waals surface area contributed by atoms with Gasteiger partial charge in [0.25, 0.3) is 0 Å². The third-order valence-electron chi connectivity index (χ3n) is 5.55. The molecule has 0 fully saturated rings. The van der Waals surface area contributed by atoms with Gasteiger partial charge >= 0.3 is 41.7 Å². The molecule has 0 atom stereocenters. The van der Waals surface area contributed by atoms with Gasteiger partial charge in [0.05, 0.1) is 6.61 Å². The van der Waals surface area contributed by atoms with E-state index < -0.39 is 71.4 Å². The fourth-order valence-electron chi connectivity index (χ4n) is 3.15. The predicted octanol–water partition coefficient (Wildman–Crippen LogP) is 8.97. The molecule has 1 nitrogen and oxygen atoms in total. The number of halogens is 16. The zero-order valence-corrected chi connectivity index (χ0v) is 20.1. The zero-order valence-electron chi connectivity index (χ0n) is 20.1. The van der Waals surface area contributed by atoms with Crippen molar-refractivity contribution in [1.29, 1.82) is 0 Å². The van der Waals surface area contributed by atoms with Crippen molar-refractivity contribution in [2.24, 2.45) is 0 Å². The molecule has 0 bridgehead atoms. The van der Waals surface area contributed by atoms with E-state index in [0.717, 1.165) is 24.3 Å². The molecule has 2 aromatic carbocycles. The van der Waals surface area contributed by atoms with E-state index in [1.54, 1.807) is 0 Å². The standard InChI is InChI=1S/C25H14F16O/c26-18(12-16(14-7-3-1-4-8-14)11-17(13-42)15-9-5-2-6-10-15)19(27,28)20(29,30)21(31,32)22(33,34)23(35,36)24(37,38)25(39,40)41/h1-10,12,42H,13H2/b18-12-. The molecule has 0 unspecified atom stereocenters. The van der Waals surface area contributed by atoms with Gasteiger partial charge in [-0.15, -0.1) is 5.73 Å². The van der Waals surface area contributed by atoms with E-state index in [2.05, 4.69) is 5.73 Å². The van der Waals surface area contributed by atoms with Crippen molar-refractivity contribution in [3.8, 4) is 0 Å². The molecule has 1 N–H and O–H groups in total. The van der Waals surface area contributed by atoms with Crippen molar-refractivity contribution >= 4 is 11.1 Å². The Morgan fingerprint density at radius 1 is 0.571 bits per heavy atom. The lowest BCUT2D eigenvalue weighted by molar-refractivity contribution is -0.450. The number of allylic oxidation sites excluding steroid dienone is 2. The van der Waals surface area contributed by atoms with Gasteiger partial charge in [0.15, 0.2) is 5.83 Å². The molecule has 0 radical (unpaired) electrons. The smallest absolute Gasteiger partial charge is 0.391 e.